The van der Waals surface area contributed by atoms with Gasteiger partial charge in [0, 0.05) is 28.2 Å². The van der Waals surface area contributed by atoms with E-state index in [1.54, 1.807) is 0 Å². The molecule has 5 heteroatoms. The van der Waals surface area contributed by atoms with Crippen molar-refractivity contribution in [2.75, 3.05) is 0 Å². The summed E-state index contributed by atoms with van der Waals surface area (Å²) >= 11 is 6.33. The average molecular weight is 352 g/mol. The Hall–Kier alpha value is -2.72. The Balaban J connectivity index is 1.65. The standard InChI is InChI=1S/C20H18ClN3O/c1-12(2)25-20-6-4-14(10-16(20)21)19-11-18(23-24-19)13-3-5-17-15(9-13)7-8-22-17/h3-12,22H,1-2H3,(H,23,24). The highest BCUT2D eigenvalue weighted by atomic mass is 35.5. The van der Waals surface area contributed by atoms with Gasteiger partial charge in [0.1, 0.15) is 5.75 Å². The van der Waals surface area contributed by atoms with E-state index in [1.807, 2.05) is 44.3 Å². The fourth-order valence-electron chi connectivity index (χ4n) is 2.85. The Morgan fingerprint density at radius 2 is 1.84 bits per heavy atom. The van der Waals surface area contributed by atoms with Gasteiger partial charge in [0.25, 0.3) is 0 Å². The predicted octanol–water partition coefficient (Wildman–Crippen LogP) is 5.67. The van der Waals surface area contributed by atoms with Crippen LogP contribution in [0.1, 0.15) is 13.8 Å². The normalized spacial score (nSPS) is 11.4. The molecule has 4 aromatic rings. The summed E-state index contributed by atoms with van der Waals surface area (Å²) in [4.78, 5) is 3.20. The average Bonchev–Trinajstić information content (AvgIpc) is 3.24. The summed E-state index contributed by atoms with van der Waals surface area (Å²) in [5.41, 5.74) is 4.98. The van der Waals surface area contributed by atoms with Crippen molar-refractivity contribution < 1.29 is 4.74 Å². The van der Waals surface area contributed by atoms with Crippen LogP contribution in [0.2, 0.25) is 5.02 Å². The topological polar surface area (TPSA) is 53.7 Å². The molecule has 0 radical (unpaired) electrons. The second-order valence-electron chi connectivity index (χ2n) is 6.26. The van der Waals surface area contributed by atoms with Crippen LogP contribution in [0.25, 0.3) is 33.4 Å². The number of nitrogens with zero attached hydrogens (tertiary/aromatic N) is 1. The van der Waals surface area contributed by atoms with Crippen LogP contribution in [0.15, 0.2) is 54.7 Å². The summed E-state index contributed by atoms with van der Waals surface area (Å²) < 4.78 is 5.68. The molecule has 0 saturated heterocycles. The van der Waals surface area contributed by atoms with Crippen molar-refractivity contribution >= 4 is 22.5 Å². The second kappa shape index (κ2) is 6.30. The van der Waals surface area contributed by atoms with Gasteiger partial charge >= 0.3 is 0 Å². The molecular weight excluding hydrogens is 334 g/mol. The molecule has 0 aliphatic rings. The first-order valence-corrected chi connectivity index (χ1v) is 8.57. The third-order valence-electron chi connectivity index (χ3n) is 4.03. The van der Waals surface area contributed by atoms with Gasteiger partial charge in [-0.25, -0.2) is 0 Å². The zero-order chi connectivity index (χ0) is 17.4. The van der Waals surface area contributed by atoms with Gasteiger partial charge in [-0.2, -0.15) is 5.10 Å². The van der Waals surface area contributed by atoms with Crippen molar-refractivity contribution in [2.45, 2.75) is 20.0 Å². The maximum atomic E-state index is 6.33. The van der Waals surface area contributed by atoms with Crippen LogP contribution in [0.4, 0.5) is 0 Å². The van der Waals surface area contributed by atoms with Crippen molar-refractivity contribution in [3.8, 4) is 28.3 Å². The Bertz CT molecular complexity index is 1030. The van der Waals surface area contributed by atoms with Crippen LogP contribution in [0, 0.1) is 0 Å². The lowest BCUT2D eigenvalue weighted by Gasteiger charge is -2.11. The molecule has 0 aliphatic carbocycles. The highest BCUT2D eigenvalue weighted by molar-refractivity contribution is 6.32. The van der Waals surface area contributed by atoms with E-state index in [0.29, 0.717) is 10.8 Å². The molecule has 0 atom stereocenters. The first-order valence-electron chi connectivity index (χ1n) is 8.19. The molecule has 4 rings (SSSR count). The van der Waals surface area contributed by atoms with Crippen molar-refractivity contribution in [2.24, 2.45) is 0 Å². The maximum absolute atomic E-state index is 6.33. The molecule has 2 aromatic heterocycles. The molecule has 126 valence electrons. The Morgan fingerprint density at radius 3 is 2.64 bits per heavy atom. The van der Waals surface area contributed by atoms with Crippen LogP contribution in [0.3, 0.4) is 0 Å². The number of halogens is 1. The molecule has 0 bridgehead atoms. The lowest BCUT2D eigenvalue weighted by atomic mass is 10.1. The quantitative estimate of drug-likeness (QED) is 0.498. The second-order valence-corrected chi connectivity index (χ2v) is 6.67. The molecule has 2 aromatic carbocycles. The smallest absolute Gasteiger partial charge is 0.138 e. The number of fused-ring (bicyclic) bond motifs is 1. The first-order chi connectivity index (χ1) is 12.1. The fraction of sp³-hybridized carbons (Fsp3) is 0.150. The molecule has 0 unspecified atom stereocenters. The number of ether oxygens (including phenoxy) is 1. The number of rotatable bonds is 4. The van der Waals surface area contributed by atoms with Crippen LogP contribution in [-0.2, 0) is 0 Å². The summed E-state index contributed by atoms with van der Waals surface area (Å²) in [7, 11) is 0. The number of aromatic nitrogens is 3. The minimum atomic E-state index is 0.0867. The number of hydrogen-bond acceptors (Lipinski definition) is 2. The van der Waals surface area contributed by atoms with E-state index in [4.69, 9.17) is 16.3 Å². The van der Waals surface area contributed by atoms with Crippen LogP contribution in [0.5, 0.6) is 5.75 Å². The Morgan fingerprint density at radius 1 is 1.00 bits per heavy atom. The maximum Gasteiger partial charge on any atom is 0.138 e. The number of H-pyrrole nitrogens is 2. The van der Waals surface area contributed by atoms with Gasteiger partial charge in [-0.1, -0.05) is 17.7 Å². The van der Waals surface area contributed by atoms with Gasteiger partial charge in [-0.05, 0) is 56.3 Å². The molecule has 2 heterocycles. The van der Waals surface area contributed by atoms with E-state index in [9.17, 15) is 0 Å². The van der Waals surface area contributed by atoms with Gasteiger partial charge in [-0.3, -0.25) is 5.10 Å². The highest BCUT2D eigenvalue weighted by Gasteiger charge is 2.10. The van der Waals surface area contributed by atoms with Gasteiger partial charge in [-0.15, -0.1) is 0 Å². The number of benzene rings is 2. The molecule has 0 saturated carbocycles. The number of hydrogen-bond donors (Lipinski definition) is 2. The monoisotopic (exact) mass is 351 g/mol. The Labute approximate surface area is 150 Å². The molecule has 0 aliphatic heterocycles. The third-order valence-corrected chi connectivity index (χ3v) is 4.33. The Kier molecular flexibility index (Phi) is 3.98. The molecule has 25 heavy (non-hydrogen) atoms. The summed E-state index contributed by atoms with van der Waals surface area (Å²) in [6, 6.07) is 16.1. The van der Waals surface area contributed by atoms with Crippen molar-refractivity contribution in [1.29, 1.82) is 0 Å². The van der Waals surface area contributed by atoms with Crippen molar-refractivity contribution in [1.82, 2.24) is 15.2 Å². The summed E-state index contributed by atoms with van der Waals surface area (Å²) in [6.45, 7) is 3.96. The lowest BCUT2D eigenvalue weighted by Crippen LogP contribution is -2.05. The van der Waals surface area contributed by atoms with E-state index in [0.717, 1.165) is 28.0 Å². The fourth-order valence-corrected chi connectivity index (χ4v) is 3.07. The first kappa shape index (κ1) is 15.8. The third kappa shape index (κ3) is 3.13. The molecule has 0 amide bonds. The van der Waals surface area contributed by atoms with Gasteiger partial charge in [0.05, 0.1) is 22.5 Å². The lowest BCUT2D eigenvalue weighted by molar-refractivity contribution is 0.242. The largest absolute Gasteiger partial charge is 0.489 e. The van der Waals surface area contributed by atoms with E-state index in [2.05, 4.69) is 39.4 Å². The summed E-state index contributed by atoms with van der Waals surface area (Å²) in [5, 5.41) is 9.30. The predicted molar refractivity (Wildman–Crippen MR) is 102 cm³/mol. The number of aromatic amines is 2. The molecule has 4 nitrogen and oxygen atoms in total. The van der Waals surface area contributed by atoms with E-state index in [-0.39, 0.29) is 6.10 Å². The van der Waals surface area contributed by atoms with Crippen LogP contribution >= 0.6 is 11.6 Å². The van der Waals surface area contributed by atoms with Gasteiger partial charge in [0.15, 0.2) is 0 Å². The summed E-state index contributed by atoms with van der Waals surface area (Å²) in [5.74, 6) is 0.689. The highest BCUT2D eigenvalue weighted by Crippen LogP contribution is 2.32. The van der Waals surface area contributed by atoms with Crippen molar-refractivity contribution in [3.63, 3.8) is 0 Å². The van der Waals surface area contributed by atoms with Gasteiger partial charge in [0.2, 0.25) is 0 Å². The zero-order valence-electron chi connectivity index (χ0n) is 14.0. The molecule has 0 fully saturated rings. The minimum Gasteiger partial charge on any atom is -0.489 e. The summed E-state index contributed by atoms with van der Waals surface area (Å²) in [6.07, 6.45) is 2.03. The van der Waals surface area contributed by atoms with E-state index < -0.39 is 0 Å². The molecule has 2 N–H and O–H groups in total. The molecule has 0 spiro atoms. The van der Waals surface area contributed by atoms with Crippen molar-refractivity contribution in [3.05, 3.63) is 59.8 Å². The van der Waals surface area contributed by atoms with Crippen LogP contribution in [-0.4, -0.2) is 21.3 Å². The molecular formula is C20H18ClN3O. The van der Waals surface area contributed by atoms with E-state index >= 15 is 0 Å². The minimum absolute atomic E-state index is 0.0867. The van der Waals surface area contributed by atoms with E-state index in [1.165, 1.54) is 5.39 Å². The zero-order valence-corrected chi connectivity index (χ0v) is 14.8. The SMILES string of the molecule is CC(C)Oc1ccc(-c2cc(-c3ccc4[nH]ccc4c3)[nH]n2)cc1Cl. The number of nitrogens with one attached hydrogen (secondary N) is 2. The van der Waals surface area contributed by atoms with Gasteiger partial charge < -0.3 is 9.72 Å². The van der Waals surface area contributed by atoms with Crippen LogP contribution < -0.4 is 4.74 Å².